The van der Waals surface area contributed by atoms with Gasteiger partial charge in [-0.25, -0.2) is 4.99 Å². The van der Waals surface area contributed by atoms with Crippen LogP contribution in [-0.4, -0.2) is 5.84 Å². The number of nitrogens with zero attached hydrogens (tertiary/aromatic N) is 1. The average molecular weight is 612 g/mol. The molecule has 0 amide bonds. The standard InChI is InChI=1S/C43H37N3O/c1-3-11-28(12-4-1)33-25-26-36-39(27-33)47-38-20-10-19-37(40(36)38)43-45-41(31-14-5-2-6-15-31)44-42(46-43)32-23-21-30(22-24-32)35-18-9-16-29-13-7-8-17-34(29)35/h1,3,5,7-11,13-24,27,42-43,46H,2,4,6,12,25-26H2,(H,44,45). The van der Waals surface area contributed by atoms with Gasteiger partial charge in [0.15, 0.2) is 0 Å². The Labute approximate surface area is 275 Å². The molecule has 230 valence electrons. The summed E-state index contributed by atoms with van der Waals surface area (Å²) in [6.07, 6.45) is 21.8. The SMILES string of the molecule is C1=CCCC(C2=Cc3oc4cccc(C5NC(C6=CCCC=C6)=NC(c6ccc(-c7cccc8ccccc78)cc6)N5)c4c3CC2)=C1. The smallest absolute Gasteiger partial charge is 0.135 e. The highest BCUT2D eigenvalue weighted by atomic mass is 16.3. The molecule has 0 saturated heterocycles. The predicted molar refractivity (Wildman–Crippen MR) is 194 cm³/mol. The molecular formula is C43H37N3O. The van der Waals surface area contributed by atoms with Crippen LogP contribution in [0, 0.1) is 0 Å². The van der Waals surface area contributed by atoms with E-state index in [2.05, 4.69) is 138 Å². The lowest BCUT2D eigenvalue weighted by atomic mass is 9.87. The molecule has 2 heterocycles. The largest absolute Gasteiger partial charge is 0.456 e. The van der Waals surface area contributed by atoms with Crippen molar-refractivity contribution in [3.63, 3.8) is 0 Å². The Morgan fingerprint density at radius 2 is 1.66 bits per heavy atom. The van der Waals surface area contributed by atoms with Gasteiger partial charge in [0.1, 0.15) is 29.5 Å². The fourth-order valence-corrected chi connectivity index (χ4v) is 7.63. The first-order valence-electron chi connectivity index (χ1n) is 16.9. The molecule has 2 unspecified atom stereocenters. The Balaban J connectivity index is 1.09. The average Bonchev–Trinajstić information content (AvgIpc) is 3.53. The third kappa shape index (κ3) is 5.19. The van der Waals surface area contributed by atoms with Crippen molar-refractivity contribution in [2.75, 3.05) is 0 Å². The summed E-state index contributed by atoms with van der Waals surface area (Å²) in [5, 5.41) is 11.4. The summed E-state index contributed by atoms with van der Waals surface area (Å²) in [6.45, 7) is 0. The second kappa shape index (κ2) is 11.9. The highest BCUT2D eigenvalue weighted by molar-refractivity contribution is 6.02. The van der Waals surface area contributed by atoms with Gasteiger partial charge in [0.05, 0.1) is 0 Å². The van der Waals surface area contributed by atoms with E-state index in [0.717, 1.165) is 66.8 Å². The molecule has 4 aromatic carbocycles. The predicted octanol–water partition coefficient (Wildman–Crippen LogP) is 10.4. The lowest BCUT2D eigenvalue weighted by Crippen LogP contribution is -2.45. The molecule has 3 aliphatic carbocycles. The number of benzene rings is 4. The summed E-state index contributed by atoms with van der Waals surface area (Å²) >= 11 is 0. The maximum atomic E-state index is 6.55. The first-order chi connectivity index (χ1) is 23.3. The molecule has 2 atom stereocenters. The lowest BCUT2D eigenvalue weighted by molar-refractivity contribution is 0.410. The van der Waals surface area contributed by atoms with Crippen LogP contribution in [-0.2, 0) is 6.42 Å². The number of allylic oxidation sites excluding steroid dienone is 7. The van der Waals surface area contributed by atoms with Gasteiger partial charge >= 0.3 is 0 Å². The van der Waals surface area contributed by atoms with Crippen molar-refractivity contribution >= 4 is 33.7 Å². The van der Waals surface area contributed by atoms with E-state index in [1.807, 2.05) is 0 Å². The number of fused-ring (bicyclic) bond motifs is 4. The van der Waals surface area contributed by atoms with Crippen LogP contribution in [0.5, 0.6) is 0 Å². The van der Waals surface area contributed by atoms with E-state index >= 15 is 0 Å². The minimum absolute atomic E-state index is 0.136. The second-order valence-corrected chi connectivity index (χ2v) is 12.9. The zero-order valence-corrected chi connectivity index (χ0v) is 26.4. The molecule has 9 rings (SSSR count). The second-order valence-electron chi connectivity index (χ2n) is 12.9. The van der Waals surface area contributed by atoms with E-state index in [4.69, 9.17) is 9.41 Å². The molecule has 47 heavy (non-hydrogen) atoms. The number of aryl methyl sites for hydroxylation is 1. The molecule has 0 fully saturated rings. The van der Waals surface area contributed by atoms with E-state index in [9.17, 15) is 0 Å². The molecule has 1 aromatic heterocycles. The van der Waals surface area contributed by atoms with Gasteiger partial charge in [-0.15, -0.1) is 0 Å². The van der Waals surface area contributed by atoms with Gasteiger partial charge in [0.25, 0.3) is 0 Å². The van der Waals surface area contributed by atoms with E-state index in [0.29, 0.717) is 0 Å². The summed E-state index contributed by atoms with van der Waals surface area (Å²) in [5.74, 6) is 1.94. The van der Waals surface area contributed by atoms with Crippen molar-refractivity contribution in [3.05, 3.63) is 161 Å². The van der Waals surface area contributed by atoms with Crippen molar-refractivity contribution in [1.29, 1.82) is 0 Å². The number of hydrogen-bond donors (Lipinski definition) is 2. The normalized spacial score (nSPS) is 20.7. The summed E-state index contributed by atoms with van der Waals surface area (Å²) < 4.78 is 6.55. The zero-order valence-electron chi connectivity index (χ0n) is 26.4. The zero-order chi connectivity index (χ0) is 31.2. The maximum absolute atomic E-state index is 6.55. The van der Waals surface area contributed by atoms with E-state index < -0.39 is 0 Å². The lowest BCUT2D eigenvalue weighted by Gasteiger charge is -2.33. The van der Waals surface area contributed by atoms with Gasteiger partial charge in [-0.2, -0.15) is 0 Å². The van der Waals surface area contributed by atoms with Gasteiger partial charge < -0.3 is 9.73 Å². The van der Waals surface area contributed by atoms with Gasteiger partial charge in [-0.3, -0.25) is 5.32 Å². The first kappa shape index (κ1) is 28.1. The third-order valence-electron chi connectivity index (χ3n) is 10.0. The molecule has 4 nitrogen and oxygen atoms in total. The minimum Gasteiger partial charge on any atom is -0.456 e. The molecule has 0 radical (unpaired) electrons. The number of aliphatic imine (C=N–C) groups is 1. The van der Waals surface area contributed by atoms with Crippen LogP contribution in [0.4, 0.5) is 0 Å². The molecule has 5 aromatic rings. The summed E-state index contributed by atoms with van der Waals surface area (Å²) in [5.41, 5.74) is 11.1. The number of amidine groups is 1. The Hall–Kier alpha value is -5.19. The van der Waals surface area contributed by atoms with Gasteiger partial charge in [0, 0.05) is 22.1 Å². The maximum Gasteiger partial charge on any atom is 0.135 e. The van der Waals surface area contributed by atoms with Crippen molar-refractivity contribution in [2.24, 2.45) is 4.99 Å². The van der Waals surface area contributed by atoms with Gasteiger partial charge in [-0.1, -0.05) is 115 Å². The van der Waals surface area contributed by atoms with Crippen molar-refractivity contribution in [1.82, 2.24) is 10.6 Å². The monoisotopic (exact) mass is 611 g/mol. The molecule has 0 saturated carbocycles. The minimum atomic E-state index is -0.204. The molecule has 4 aliphatic rings. The number of furan rings is 1. The fraction of sp³-hybridized carbons (Fsp3) is 0.186. The Kier molecular flexibility index (Phi) is 7.09. The Morgan fingerprint density at radius 3 is 2.53 bits per heavy atom. The highest BCUT2D eigenvalue weighted by Crippen LogP contribution is 2.40. The van der Waals surface area contributed by atoms with Crippen LogP contribution in [0.15, 0.2) is 148 Å². The molecule has 1 aliphatic heterocycles. The van der Waals surface area contributed by atoms with Crippen LogP contribution in [0.1, 0.15) is 66.9 Å². The Bertz CT molecular complexity index is 2200. The molecule has 0 spiro atoms. The number of hydrogen-bond acceptors (Lipinski definition) is 4. The van der Waals surface area contributed by atoms with Crippen molar-refractivity contribution < 1.29 is 4.42 Å². The topological polar surface area (TPSA) is 49.6 Å². The summed E-state index contributed by atoms with van der Waals surface area (Å²) in [7, 11) is 0. The van der Waals surface area contributed by atoms with Crippen LogP contribution in [0.3, 0.4) is 0 Å². The van der Waals surface area contributed by atoms with Crippen LogP contribution < -0.4 is 10.6 Å². The number of nitrogens with one attached hydrogen (secondary N) is 2. The van der Waals surface area contributed by atoms with Crippen LogP contribution in [0.2, 0.25) is 0 Å². The van der Waals surface area contributed by atoms with Crippen LogP contribution in [0.25, 0.3) is 38.9 Å². The summed E-state index contributed by atoms with van der Waals surface area (Å²) in [4.78, 5) is 5.25. The Morgan fingerprint density at radius 1 is 0.766 bits per heavy atom. The van der Waals surface area contributed by atoms with Gasteiger partial charge in [-0.05, 0) is 89.3 Å². The molecule has 4 heteroatoms. The molecule has 0 bridgehead atoms. The molecular weight excluding hydrogens is 574 g/mol. The first-order valence-corrected chi connectivity index (χ1v) is 16.9. The quantitative estimate of drug-likeness (QED) is 0.208. The third-order valence-corrected chi connectivity index (χ3v) is 10.0. The molecule has 2 N–H and O–H groups in total. The van der Waals surface area contributed by atoms with Crippen LogP contribution >= 0.6 is 0 Å². The highest BCUT2D eigenvalue weighted by Gasteiger charge is 2.30. The fourth-order valence-electron chi connectivity index (χ4n) is 7.63. The summed E-state index contributed by atoms with van der Waals surface area (Å²) in [6, 6.07) is 30.5. The van der Waals surface area contributed by atoms with Gasteiger partial charge in [0.2, 0.25) is 0 Å². The van der Waals surface area contributed by atoms with Crippen molar-refractivity contribution in [2.45, 2.75) is 50.9 Å². The van der Waals surface area contributed by atoms with E-state index in [1.165, 1.54) is 49.6 Å². The van der Waals surface area contributed by atoms with E-state index in [1.54, 1.807) is 0 Å². The number of rotatable bonds is 5. The van der Waals surface area contributed by atoms with E-state index in [-0.39, 0.29) is 12.3 Å². The van der Waals surface area contributed by atoms with Crippen molar-refractivity contribution in [3.8, 4) is 11.1 Å².